The molecule has 0 atom stereocenters. The summed E-state index contributed by atoms with van der Waals surface area (Å²) in [5.41, 5.74) is 8.94. The van der Waals surface area contributed by atoms with Gasteiger partial charge in [0.2, 0.25) is 11.8 Å². The van der Waals surface area contributed by atoms with Crippen LogP contribution in [0.5, 0.6) is 11.6 Å². The van der Waals surface area contributed by atoms with Crippen LogP contribution >= 0.6 is 0 Å². The Bertz CT molecular complexity index is 1250. The summed E-state index contributed by atoms with van der Waals surface area (Å²) in [6, 6.07) is 13.5. The molecule has 3 N–H and O–H groups in total. The molecule has 0 unspecified atom stereocenters. The zero-order chi connectivity index (χ0) is 24.0. The Kier molecular flexibility index (Phi) is 7.26. The monoisotopic (exact) mass is 443 g/mol. The van der Waals surface area contributed by atoms with E-state index in [-0.39, 0.29) is 11.5 Å². The second-order valence-corrected chi connectivity index (χ2v) is 7.48. The lowest BCUT2D eigenvalue weighted by Gasteiger charge is -2.08. The van der Waals surface area contributed by atoms with Crippen molar-refractivity contribution in [2.45, 2.75) is 33.7 Å². The molecule has 0 aliphatic heterocycles. The minimum Gasteiger partial charge on any atom is -0.439 e. The number of anilines is 1. The number of nitrogens with one attached hydrogen (secondary N) is 1. The first kappa shape index (κ1) is 23.3. The van der Waals surface area contributed by atoms with E-state index >= 15 is 0 Å². The topological polar surface area (TPSA) is 123 Å². The fourth-order valence-corrected chi connectivity index (χ4v) is 3.39. The molecule has 33 heavy (non-hydrogen) atoms. The number of nitrogens with two attached hydrogens (primary N) is 1. The number of benzene rings is 1. The standard InChI is InChI=1S/C25H25N5O3/c1-4-10-30-16(2)11-19(17(30)3)12-20(14-26)25(32)29-21-8-9-23(28-15-21)33-22-7-5-6-18(13-22)24(27)31/h5-9,11-13,15H,4,10H2,1-3H3,(H2,27,31)(H,29,32)/b20-12+. The fraction of sp³-hybridized carbons (Fsp3) is 0.200. The first-order valence-electron chi connectivity index (χ1n) is 10.5. The fourth-order valence-electron chi connectivity index (χ4n) is 3.39. The van der Waals surface area contributed by atoms with Crippen LogP contribution in [0.2, 0.25) is 0 Å². The summed E-state index contributed by atoms with van der Waals surface area (Å²) in [6.45, 7) is 6.96. The smallest absolute Gasteiger partial charge is 0.266 e. The lowest BCUT2D eigenvalue weighted by Crippen LogP contribution is -2.13. The average molecular weight is 444 g/mol. The molecular formula is C25H25N5O3. The number of pyridine rings is 1. The van der Waals surface area contributed by atoms with Gasteiger partial charge in [0.15, 0.2) is 0 Å². The van der Waals surface area contributed by atoms with Gasteiger partial charge in [-0.3, -0.25) is 9.59 Å². The highest BCUT2D eigenvalue weighted by atomic mass is 16.5. The molecule has 3 aromatic rings. The Morgan fingerprint density at radius 1 is 1.24 bits per heavy atom. The number of ether oxygens (including phenoxy) is 1. The Morgan fingerprint density at radius 2 is 2.03 bits per heavy atom. The normalized spacial score (nSPS) is 11.0. The van der Waals surface area contributed by atoms with Gasteiger partial charge in [-0.1, -0.05) is 13.0 Å². The summed E-state index contributed by atoms with van der Waals surface area (Å²) in [5, 5.41) is 12.2. The molecule has 0 fully saturated rings. The number of hydrogen-bond acceptors (Lipinski definition) is 5. The summed E-state index contributed by atoms with van der Waals surface area (Å²) in [5.74, 6) is -0.400. The molecule has 0 saturated carbocycles. The number of nitrogens with zero attached hydrogens (tertiary/aromatic N) is 3. The van der Waals surface area contributed by atoms with E-state index in [0.29, 0.717) is 17.0 Å². The van der Waals surface area contributed by atoms with E-state index in [9.17, 15) is 14.9 Å². The van der Waals surface area contributed by atoms with Gasteiger partial charge in [0.1, 0.15) is 17.4 Å². The molecule has 3 rings (SSSR count). The van der Waals surface area contributed by atoms with Gasteiger partial charge in [-0.2, -0.15) is 5.26 Å². The number of amides is 2. The molecule has 0 saturated heterocycles. The van der Waals surface area contributed by atoms with E-state index in [0.717, 1.165) is 29.9 Å². The van der Waals surface area contributed by atoms with Gasteiger partial charge in [0, 0.05) is 29.6 Å². The minimum atomic E-state index is -0.555. The first-order valence-corrected chi connectivity index (χ1v) is 10.5. The second-order valence-electron chi connectivity index (χ2n) is 7.48. The second kappa shape index (κ2) is 10.3. The van der Waals surface area contributed by atoms with Crippen molar-refractivity contribution in [2.75, 3.05) is 5.32 Å². The maximum absolute atomic E-state index is 12.6. The van der Waals surface area contributed by atoms with Gasteiger partial charge in [0.25, 0.3) is 5.91 Å². The van der Waals surface area contributed by atoms with Gasteiger partial charge in [0.05, 0.1) is 11.9 Å². The number of rotatable bonds is 8. The number of carbonyl (C=O) groups excluding carboxylic acids is 2. The first-order chi connectivity index (χ1) is 15.8. The molecule has 8 nitrogen and oxygen atoms in total. The molecule has 168 valence electrons. The van der Waals surface area contributed by atoms with E-state index in [1.54, 1.807) is 36.4 Å². The van der Waals surface area contributed by atoms with Crippen molar-refractivity contribution in [1.82, 2.24) is 9.55 Å². The van der Waals surface area contributed by atoms with E-state index in [4.69, 9.17) is 10.5 Å². The summed E-state index contributed by atoms with van der Waals surface area (Å²) in [7, 11) is 0. The number of aromatic nitrogens is 2. The molecular weight excluding hydrogens is 418 g/mol. The van der Waals surface area contributed by atoms with Gasteiger partial charge < -0.3 is 20.4 Å². The van der Waals surface area contributed by atoms with Gasteiger partial charge in [-0.05, 0) is 62.2 Å². The molecule has 0 radical (unpaired) electrons. The quantitative estimate of drug-likeness (QED) is 0.396. The van der Waals surface area contributed by atoms with Crippen molar-refractivity contribution in [3.05, 3.63) is 76.7 Å². The van der Waals surface area contributed by atoms with Crippen LogP contribution in [0.4, 0.5) is 5.69 Å². The number of carbonyl (C=O) groups is 2. The molecule has 0 aliphatic carbocycles. The van der Waals surface area contributed by atoms with Crippen LogP contribution in [-0.4, -0.2) is 21.4 Å². The van der Waals surface area contributed by atoms with Crippen molar-refractivity contribution < 1.29 is 14.3 Å². The highest BCUT2D eigenvalue weighted by Gasteiger charge is 2.13. The van der Waals surface area contributed by atoms with Crippen LogP contribution < -0.4 is 15.8 Å². The molecule has 8 heteroatoms. The summed E-state index contributed by atoms with van der Waals surface area (Å²) in [4.78, 5) is 28.1. The molecule has 2 aromatic heterocycles. The van der Waals surface area contributed by atoms with Crippen molar-refractivity contribution in [1.29, 1.82) is 5.26 Å². The lowest BCUT2D eigenvalue weighted by atomic mass is 10.1. The van der Waals surface area contributed by atoms with E-state index < -0.39 is 11.8 Å². The van der Waals surface area contributed by atoms with Crippen LogP contribution in [0.25, 0.3) is 6.08 Å². The van der Waals surface area contributed by atoms with Crippen molar-refractivity contribution in [2.24, 2.45) is 5.73 Å². The van der Waals surface area contributed by atoms with E-state index in [1.807, 2.05) is 26.0 Å². The maximum Gasteiger partial charge on any atom is 0.266 e. The van der Waals surface area contributed by atoms with Gasteiger partial charge >= 0.3 is 0 Å². The van der Waals surface area contributed by atoms with Gasteiger partial charge in [-0.15, -0.1) is 0 Å². The van der Waals surface area contributed by atoms with Crippen LogP contribution in [0.1, 0.15) is 40.7 Å². The lowest BCUT2D eigenvalue weighted by molar-refractivity contribution is -0.112. The number of aryl methyl sites for hydroxylation is 1. The molecule has 0 aliphatic rings. The SMILES string of the molecule is CCCn1c(C)cc(/C=C(\C#N)C(=O)Nc2ccc(Oc3cccc(C(N)=O)c3)nc2)c1C. The van der Waals surface area contributed by atoms with E-state index in [1.165, 1.54) is 12.3 Å². The number of primary amides is 1. The maximum atomic E-state index is 12.6. The predicted octanol–water partition coefficient (Wildman–Crippen LogP) is 4.35. The summed E-state index contributed by atoms with van der Waals surface area (Å²) in [6.07, 6.45) is 4.02. The minimum absolute atomic E-state index is 0.00431. The highest BCUT2D eigenvalue weighted by Crippen LogP contribution is 2.22. The Balaban J connectivity index is 1.71. The largest absolute Gasteiger partial charge is 0.439 e. The van der Waals surface area contributed by atoms with Crippen LogP contribution in [0.3, 0.4) is 0 Å². The Hall–Kier alpha value is -4.38. The van der Waals surface area contributed by atoms with Crippen LogP contribution in [0, 0.1) is 25.2 Å². The highest BCUT2D eigenvalue weighted by molar-refractivity contribution is 6.09. The zero-order valence-electron chi connectivity index (χ0n) is 18.8. The van der Waals surface area contributed by atoms with Crippen molar-refractivity contribution in [3.8, 4) is 17.7 Å². The van der Waals surface area contributed by atoms with Crippen LogP contribution in [0.15, 0.2) is 54.2 Å². The summed E-state index contributed by atoms with van der Waals surface area (Å²) >= 11 is 0. The summed E-state index contributed by atoms with van der Waals surface area (Å²) < 4.78 is 7.79. The van der Waals surface area contributed by atoms with Crippen molar-refractivity contribution in [3.63, 3.8) is 0 Å². The molecule has 0 bridgehead atoms. The molecule has 1 aromatic carbocycles. The number of nitriles is 1. The van der Waals surface area contributed by atoms with Gasteiger partial charge in [-0.25, -0.2) is 4.98 Å². The van der Waals surface area contributed by atoms with Crippen LogP contribution in [-0.2, 0) is 11.3 Å². The molecule has 0 spiro atoms. The third-order valence-electron chi connectivity index (χ3n) is 5.06. The molecule has 2 heterocycles. The van der Waals surface area contributed by atoms with E-state index in [2.05, 4.69) is 21.8 Å². The van der Waals surface area contributed by atoms with Crippen molar-refractivity contribution >= 4 is 23.6 Å². The third-order valence-corrected chi connectivity index (χ3v) is 5.06. The Morgan fingerprint density at radius 3 is 2.67 bits per heavy atom. The third kappa shape index (κ3) is 5.66. The number of hydrogen-bond donors (Lipinski definition) is 2. The predicted molar refractivity (Wildman–Crippen MR) is 126 cm³/mol. The molecule has 2 amide bonds. The average Bonchev–Trinajstić information content (AvgIpc) is 3.06. The Labute approximate surface area is 192 Å². The zero-order valence-corrected chi connectivity index (χ0v) is 18.8.